The lowest BCUT2D eigenvalue weighted by atomic mass is 10.00. The lowest BCUT2D eigenvalue weighted by molar-refractivity contribution is 0.0294. The Morgan fingerprint density at radius 3 is 2.62 bits per heavy atom. The van der Waals surface area contributed by atoms with Gasteiger partial charge >= 0.3 is 6.09 Å². The summed E-state index contributed by atoms with van der Waals surface area (Å²) in [5.41, 5.74) is 8.31. The fraction of sp³-hybridized carbons (Fsp3) is 0.208. The molecule has 2 N–H and O–H groups in total. The first-order valence-electron chi connectivity index (χ1n) is 10.7. The third-order valence-corrected chi connectivity index (χ3v) is 7.78. The number of ether oxygens (including phenoxy) is 2. The molecule has 0 fully saturated rings. The minimum Gasteiger partial charge on any atom is -0.439 e. The van der Waals surface area contributed by atoms with E-state index >= 15 is 0 Å². The number of ketones is 1. The predicted octanol–water partition coefficient (Wildman–Crippen LogP) is 3.34. The molecule has 10 heteroatoms. The number of carbonyl (C=O) groups is 2. The highest BCUT2D eigenvalue weighted by molar-refractivity contribution is 7.89. The number of nitrogens with two attached hydrogens (primary N) is 1. The van der Waals surface area contributed by atoms with Crippen LogP contribution in [0.4, 0.5) is 4.79 Å². The number of hydrogen-bond acceptors (Lipinski definition) is 7. The number of rotatable bonds is 5. The van der Waals surface area contributed by atoms with Crippen molar-refractivity contribution in [1.82, 2.24) is 9.29 Å². The molecule has 1 unspecified atom stereocenters. The number of sulfonamides is 1. The zero-order valence-corrected chi connectivity index (χ0v) is 18.8. The van der Waals surface area contributed by atoms with Crippen LogP contribution < -0.4 is 10.5 Å². The van der Waals surface area contributed by atoms with Crippen LogP contribution in [-0.2, 0) is 27.6 Å². The standard InChI is InChI=1S/C24H21N3O6S/c25-24(29)33-23-20-4-2-1-3-15(20)11-12-27(23)34(30,31)18-7-10-22(26-14-18)32-17-6-8-19-16(13-17)5-9-21(19)28/h1-4,6-8,10,13-14,23H,5,9,11-12H2,(H2,25,29). The van der Waals surface area contributed by atoms with Gasteiger partial charge in [0, 0.05) is 30.2 Å². The van der Waals surface area contributed by atoms with Gasteiger partial charge < -0.3 is 15.2 Å². The maximum Gasteiger partial charge on any atom is 0.406 e. The maximum absolute atomic E-state index is 13.4. The van der Waals surface area contributed by atoms with Crippen molar-refractivity contribution in [1.29, 1.82) is 0 Å². The second-order valence-electron chi connectivity index (χ2n) is 8.03. The molecule has 174 valence electrons. The number of amides is 1. The molecular formula is C24H21N3O6S. The molecule has 3 aromatic rings. The van der Waals surface area contributed by atoms with Gasteiger partial charge in [-0.3, -0.25) is 4.79 Å². The van der Waals surface area contributed by atoms with Gasteiger partial charge in [-0.05, 0) is 48.2 Å². The number of primary amides is 1. The summed E-state index contributed by atoms with van der Waals surface area (Å²) in [6.45, 7) is 0.114. The Hall–Kier alpha value is -3.76. The van der Waals surface area contributed by atoms with E-state index in [1.54, 1.807) is 30.3 Å². The molecule has 34 heavy (non-hydrogen) atoms. The maximum atomic E-state index is 13.4. The van der Waals surface area contributed by atoms with Crippen molar-refractivity contribution in [3.8, 4) is 11.6 Å². The summed E-state index contributed by atoms with van der Waals surface area (Å²) in [6, 6.07) is 15.2. The van der Waals surface area contributed by atoms with E-state index in [0.29, 0.717) is 36.1 Å². The molecule has 0 bridgehead atoms. The van der Waals surface area contributed by atoms with Crippen molar-refractivity contribution in [3.63, 3.8) is 0 Å². The zero-order valence-electron chi connectivity index (χ0n) is 18.0. The van der Waals surface area contributed by atoms with Gasteiger partial charge in [0.1, 0.15) is 10.6 Å². The van der Waals surface area contributed by atoms with Gasteiger partial charge in [0.25, 0.3) is 0 Å². The normalized spacial score (nSPS) is 17.6. The number of aryl methyl sites for hydroxylation is 1. The van der Waals surface area contributed by atoms with Crippen LogP contribution in [0.3, 0.4) is 0 Å². The van der Waals surface area contributed by atoms with Gasteiger partial charge in [-0.15, -0.1) is 0 Å². The van der Waals surface area contributed by atoms with Crippen LogP contribution in [0.5, 0.6) is 11.6 Å². The van der Waals surface area contributed by atoms with E-state index in [0.717, 1.165) is 15.4 Å². The average molecular weight is 480 g/mol. The zero-order chi connectivity index (χ0) is 23.9. The Labute approximate surface area is 196 Å². The number of pyridine rings is 1. The fourth-order valence-corrected chi connectivity index (χ4v) is 5.75. The Morgan fingerprint density at radius 2 is 1.85 bits per heavy atom. The number of Topliss-reactive ketones (excluding diaryl/α,β-unsaturated/α-hetero) is 1. The summed E-state index contributed by atoms with van der Waals surface area (Å²) >= 11 is 0. The summed E-state index contributed by atoms with van der Waals surface area (Å²) in [6.07, 6.45) is 0.582. The average Bonchev–Trinajstić information content (AvgIpc) is 3.19. The van der Waals surface area contributed by atoms with Crippen LogP contribution in [0.1, 0.15) is 39.7 Å². The van der Waals surface area contributed by atoms with E-state index in [9.17, 15) is 18.0 Å². The highest BCUT2D eigenvalue weighted by Crippen LogP contribution is 2.35. The number of nitrogens with zero attached hydrogens (tertiary/aromatic N) is 2. The lowest BCUT2D eigenvalue weighted by Crippen LogP contribution is -2.42. The van der Waals surface area contributed by atoms with Crippen molar-refractivity contribution < 1.29 is 27.5 Å². The van der Waals surface area contributed by atoms with E-state index < -0.39 is 22.3 Å². The van der Waals surface area contributed by atoms with Gasteiger partial charge in [0.15, 0.2) is 12.0 Å². The lowest BCUT2D eigenvalue weighted by Gasteiger charge is -2.34. The number of benzene rings is 2. The Bertz CT molecular complexity index is 1390. The predicted molar refractivity (Wildman–Crippen MR) is 121 cm³/mol. The first-order chi connectivity index (χ1) is 16.3. The van der Waals surface area contributed by atoms with Crippen molar-refractivity contribution >= 4 is 21.9 Å². The first kappa shape index (κ1) is 22.1. The minimum absolute atomic E-state index is 0.0724. The third-order valence-electron chi connectivity index (χ3n) is 5.95. The number of fused-ring (bicyclic) bond motifs is 2. The molecule has 1 aliphatic heterocycles. The largest absolute Gasteiger partial charge is 0.439 e. The van der Waals surface area contributed by atoms with Crippen LogP contribution in [-0.4, -0.2) is 36.1 Å². The second-order valence-corrected chi connectivity index (χ2v) is 9.92. The number of hydrogen-bond donors (Lipinski definition) is 1. The van der Waals surface area contributed by atoms with Gasteiger partial charge in [-0.25, -0.2) is 18.2 Å². The van der Waals surface area contributed by atoms with Gasteiger partial charge in [-0.2, -0.15) is 4.31 Å². The highest BCUT2D eigenvalue weighted by Gasteiger charge is 2.38. The minimum atomic E-state index is -4.06. The Balaban J connectivity index is 1.39. The molecule has 0 radical (unpaired) electrons. The summed E-state index contributed by atoms with van der Waals surface area (Å²) in [7, 11) is -4.06. The van der Waals surface area contributed by atoms with Crippen LogP contribution in [0.2, 0.25) is 0 Å². The van der Waals surface area contributed by atoms with E-state index in [-0.39, 0.29) is 23.1 Å². The molecule has 0 saturated heterocycles. The number of aromatic nitrogens is 1. The molecule has 0 saturated carbocycles. The second kappa shape index (κ2) is 8.54. The van der Waals surface area contributed by atoms with Crippen LogP contribution >= 0.6 is 0 Å². The van der Waals surface area contributed by atoms with Crippen molar-refractivity contribution in [2.24, 2.45) is 5.73 Å². The summed E-state index contributed by atoms with van der Waals surface area (Å²) in [4.78, 5) is 27.4. The molecule has 5 rings (SSSR count). The third kappa shape index (κ3) is 4.02. The molecule has 9 nitrogen and oxygen atoms in total. The van der Waals surface area contributed by atoms with Gasteiger partial charge in [0.2, 0.25) is 15.9 Å². The molecule has 2 aliphatic rings. The summed E-state index contributed by atoms with van der Waals surface area (Å²) in [5.74, 6) is 0.837. The topological polar surface area (TPSA) is 129 Å². The summed E-state index contributed by atoms with van der Waals surface area (Å²) < 4.78 is 38.9. The fourth-order valence-electron chi connectivity index (χ4n) is 4.32. The smallest absolute Gasteiger partial charge is 0.406 e. The molecule has 1 atom stereocenters. The van der Waals surface area contributed by atoms with Gasteiger partial charge in [-0.1, -0.05) is 24.3 Å². The first-order valence-corrected chi connectivity index (χ1v) is 12.1. The molecule has 0 spiro atoms. The number of carbonyl (C=O) groups excluding carboxylic acids is 2. The molecule has 1 aromatic heterocycles. The van der Waals surface area contributed by atoms with Crippen molar-refractivity contribution in [3.05, 3.63) is 83.0 Å². The molecule has 2 aromatic carbocycles. The van der Waals surface area contributed by atoms with E-state index in [1.165, 1.54) is 18.3 Å². The summed E-state index contributed by atoms with van der Waals surface area (Å²) in [5, 5.41) is 0. The monoisotopic (exact) mass is 479 g/mol. The quantitative estimate of drug-likeness (QED) is 0.594. The molecule has 2 heterocycles. The van der Waals surface area contributed by atoms with Crippen LogP contribution in [0, 0.1) is 0 Å². The van der Waals surface area contributed by atoms with Gasteiger partial charge in [0.05, 0.1) is 6.20 Å². The molecule has 1 aliphatic carbocycles. The molecule has 1 amide bonds. The Morgan fingerprint density at radius 1 is 1.03 bits per heavy atom. The van der Waals surface area contributed by atoms with E-state index in [4.69, 9.17) is 15.2 Å². The van der Waals surface area contributed by atoms with E-state index in [1.807, 2.05) is 12.1 Å². The van der Waals surface area contributed by atoms with Crippen molar-refractivity contribution in [2.45, 2.75) is 30.4 Å². The van der Waals surface area contributed by atoms with Crippen molar-refractivity contribution in [2.75, 3.05) is 6.54 Å². The molecular weight excluding hydrogens is 458 g/mol. The Kier molecular flexibility index (Phi) is 5.54. The SMILES string of the molecule is NC(=O)OC1c2ccccc2CCN1S(=O)(=O)c1ccc(Oc2ccc3c(c2)CCC3=O)nc1. The van der Waals surface area contributed by atoms with Crippen LogP contribution in [0.25, 0.3) is 0 Å². The van der Waals surface area contributed by atoms with E-state index in [2.05, 4.69) is 4.98 Å². The highest BCUT2D eigenvalue weighted by atomic mass is 32.2. The van der Waals surface area contributed by atoms with Crippen LogP contribution in [0.15, 0.2) is 65.7 Å².